The molecule has 0 radical (unpaired) electrons. The first kappa shape index (κ1) is 10.7. The predicted molar refractivity (Wildman–Crippen MR) is 53.0 cm³/mol. The molecule has 0 bridgehead atoms. The highest BCUT2D eigenvalue weighted by atomic mass is 79.9. The Morgan fingerprint density at radius 2 is 2.29 bits per heavy atom. The van der Waals surface area contributed by atoms with E-state index in [1.54, 1.807) is 6.07 Å². The molecule has 0 saturated carbocycles. The second-order valence-electron chi connectivity index (χ2n) is 2.37. The molecule has 0 amide bonds. The third-order valence-corrected chi connectivity index (χ3v) is 1.91. The summed E-state index contributed by atoms with van der Waals surface area (Å²) in [5, 5.41) is 0. The molecule has 0 aromatic heterocycles. The number of carbonyl (C=O) groups excluding carboxylic acids is 1. The minimum Gasteiger partial charge on any atom is -0.459 e. The quantitative estimate of drug-likeness (QED) is 0.525. The second kappa shape index (κ2) is 4.77. The summed E-state index contributed by atoms with van der Waals surface area (Å²) >= 11 is 3.17. The summed E-state index contributed by atoms with van der Waals surface area (Å²) in [6, 6.07) is 4.31. The van der Waals surface area contributed by atoms with Crippen LogP contribution in [-0.4, -0.2) is 13.1 Å². The first-order valence-corrected chi connectivity index (χ1v) is 4.48. The molecule has 0 N–H and O–H groups in total. The second-order valence-corrected chi connectivity index (χ2v) is 3.28. The number of esters is 1. The molecule has 2 nitrogen and oxygen atoms in total. The van der Waals surface area contributed by atoms with Crippen molar-refractivity contribution < 1.29 is 13.9 Å². The van der Waals surface area contributed by atoms with Crippen molar-refractivity contribution >= 4 is 21.9 Å². The van der Waals surface area contributed by atoms with Crippen molar-refractivity contribution in [3.8, 4) is 11.8 Å². The molecule has 14 heavy (non-hydrogen) atoms. The van der Waals surface area contributed by atoms with Gasteiger partial charge in [-0.1, -0.05) is 21.9 Å². The van der Waals surface area contributed by atoms with Gasteiger partial charge in [0, 0.05) is 10.4 Å². The van der Waals surface area contributed by atoms with Gasteiger partial charge in [-0.15, -0.1) is 0 Å². The smallest absolute Gasteiger partial charge is 0.384 e. The Hall–Kier alpha value is -1.34. The molecular formula is C10H6BrFO2. The zero-order valence-corrected chi connectivity index (χ0v) is 8.89. The Kier molecular flexibility index (Phi) is 3.66. The average Bonchev–Trinajstić information content (AvgIpc) is 2.19. The number of methoxy groups -OCH3 is 1. The van der Waals surface area contributed by atoms with Gasteiger partial charge in [-0.3, -0.25) is 0 Å². The van der Waals surface area contributed by atoms with Crippen LogP contribution >= 0.6 is 15.9 Å². The van der Waals surface area contributed by atoms with E-state index in [9.17, 15) is 9.18 Å². The SMILES string of the molecule is COC(=O)C#Cc1cc(Br)ccc1F. The van der Waals surface area contributed by atoms with Gasteiger partial charge >= 0.3 is 5.97 Å². The third kappa shape index (κ3) is 2.86. The number of benzene rings is 1. The van der Waals surface area contributed by atoms with Crippen LogP contribution in [0.15, 0.2) is 22.7 Å². The normalized spacial score (nSPS) is 8.79. The van der Waals surface area contributed by atoms with Crippen LogP contribution in [-0.2, 0) is 9.53 Å². The lowest BCUT2D eigenvalue weighted by atomic mass is 10.2. The van der Waals surface area contributed by atoms with Crippen LogP contribution < -0.4 is 0 Å². The molecule has 0 spiro atoms. The van der Waals surface area contributed by atoms with E-state index in [1.807, 2.05) is 0 Å². The summed E-state index contributed by atoms with van der Waals surface area (Å²) in [6.07, 6.45) is 0. The molecule has 1 rings (SSSR count). The Labute approximate surface area is 89.2 Å². The molecule has 0 saturated heterocycles. The minimum absolute atomic E-state index is 0.157. The van der Waals surface area contributed by atoms with E-state index in [0.29, 0.717) is 4.47 Å². The van der Waals surface area contributed by atoms with Gasteiger partial charge in [-0.05, 0) is 18.2 Å². The number of rotatable bonds is 0. The Morgan fingerprint density at radius 1 is 1.57 bits per heavy atom. The summed E-state index contributed by atoms with van der Waals surface area (Å²) in [5.74, 6) is 3.36. The molecular weight excluding hydrogens is 251 g/mol. The fourth-order valence-electron chi connectivity index (χ4n) is 0.763. The lowest BCUT2D eigenvalue weighted by Gasteiger charge is -1.94. The van der Waals surface area contributed by atoms with Crippen LogP contribution in [0.4, 0.5) is 4.39 Å². The van der Waals surface area contributed by atoms with Gasteiger partial charge < -0.3 is 4.74 Å². The van der Waals surface area contributed by atoms with E-state index in [1.165, 1.54) is 19.2 Å². The molecule has 4 heteroatoms. The number of halogens is 2. The number of ether oxygens (including phenoxy) is 1. The van der Waals surface area contributed by atoms with Crippen LogP contribution in [0.1, 0.15) is 5.56 Å². The molecule has 0 aliphatic rings. The van der Waals surface area contributed by atoms with Crippen molar-refractivity contribution in [2.75, 3.05) is 7.11 Å². The van der Waals surface area contributed by atoms with Gasteiger partial charge in [-0.25, -0.2) is 9.18 Å². The largest absolute Gasteiger partial charge is 0.459 e. The lowest BCUT2D eigenvalue weighted by molar-refractivity contribution is -0.133. The highest BCUT2D eigenvalue weighted by Crippen LogP contribution is 2.14. The van der Waals surface area contributed by atoms with Gasteiger partial charge in [0.25, 0.3) is 0 Å². The van der Waals surface area contributed by atoms with E-state index < -0.39 is 11.8 Å². The van der Waals surface area contributed by atoms with Crippen LogP contribution in [0, 0.1) is 17.7 Å². The molecule has 1 aromatic rings. The molecule has 0 heterocycles. The maximum atomic E-state index is 13.0. The molecule has 0 aliphatic carbocycles. The predicted octanol–water partition coefficient (Wildman–Crippen LogP) is 2.11. The summed E-state index contributed by atoms with van der Waals surface area (Å²) in [5.41, 5.74) is 0.157. The fourth-order valence-corrected chi connectivity index (χ4v) is 1.12. The average molecular weight is 257 g/mol. The third-order valence-electron chi connectivity index (χ3n) is 1.41. The lowest BCUT2D eigenvalue weighted by Crippen LogP contribution is -1.95. The van der Waals surface area contributed by atoms with Crippen molar-refractivity contribution in [3.05, 3.63) is 34.1 Å². The summed E-state index contributed by atoms with van der Waals surface area (Å²) in [7, 11) is 1.22. The van der Waals surface area contributed by atoms with Gasteiger partial charge in [0.15, 0.2) is 0 Å². The zero-order valence-electron chi connectivity index (χ0n) is 7.30. The number of hydrogen-bond donors (Lipinski definition) is 0. The molecule has 0 fully saturated rings. The zero-order chi connectivity index (χ0) is 10.6. The minimum atomic E-state index is -0.690. The van der Waals surface area contributed by atoms with E-state index >= 15 is 0 Å². The van der Waals surface area contributed by atoms with Crippen LogP contribution in [0.3, 0.4) is 0 Å². The highest BCUT2D eigenvalue weighted by Gasteiger charge is 1.99. The van der Waals surface area contributed by atoms with Gasteiger partial charge in [0.05, 0.1) is 12.7 Å². The van der Waals surface area contributed by atoms with Gasteiger partial charge in [-0.2, -0.15) is 0 Å². The number of hydrogen-bond acceptors (Lipinski definition) is 2. The Bertz CT molecular complexity index is 418. The molecule has 1 aromatic carbocycles. The monoisotopic (exact) mass is 256 g/mol. The van der Waals surface area contributed by atoms with Crippen molar-refractivity contribution in [1.29, 1.82) is 0 Å². The fraction of sp³-hybridized carbons (Fsp3) is 0.100. The van der Waals surface area contributed by atoms with E-state index in [4.69, 9.17) is 0 Å². The topological polar surface area (TPSA) is 26.3 Å². The molecule has 0 aliphatic heterocycles. The first-order chi connectivity index (χ1) is 6.63. The van der Waals surface area contributed by atoms with Crippen LogP contribution in [0.5, 0.6) is 0 Å². The van der Waals surface area contributed by atoms with E-state index in [2.05, 4.69) is 32.5 Å². The van der Waals surface area contributed by atoms with Crippen molar-refractivity contribution in [2.24, 2.45) is 0 Å². The van der Waals surface area contributed by atoms with Crippen LogP contribution in [0.2, 0.25) is 0 Å². The highest BCUT2D eigenvalue weighted by molar-refractivity contribution is 9.10. The summed E-state index contributed by atoms with van der Waals surface area (Å²) < 4.78 is 18.0. The first-order valence-electron chi connectivity index (χ1n) is 3.68. The molecule has 72 valence electrons. The molecule has 0 atom stereocenters. The molecule has 0 unspecified atom stereocenters. The Morgan fingerprint density at radius 3 is 2.93 bits per heavy atom. The van der Waals surface area contributed by atoms with Crippen molar-refractivity contribution in [1.82, 2.24) is 0 Å². The van der Waals surface area contributed by atoms with Gasteiger partial charge in [0.2, 0.25) is 0 Å². The van der Waals surface area contributed by atoms with Crippen molar-refractivity contribution in [2.45, 2.75) is 0 Å². The summed E-state index contributed by atoms with van der Waals surface area (Å²) in [6.45, 7) is 0. The Balaban J connectivity index is 3.00. The van der Waals surface area contributed by atoms with Crippen LogP contribution in [0.25, 0.3) is 0 Å². The van der Waals surface area contributed by atoms with Gasteiger partial charge in [0.1, 0.15) is 5.82 Å². The standard InChI is InChI=1S/C10H6BrFO2/c1-14-10(13)5-2-7-6-8(11)3-4-9(7)12/h3-4,6H,1H3. The summed E-state index contributed by atoms with van der Waals surface area (Å²) in [4.78, 5) is 10.7. The number of carbonyl (C=O) groups is 1. The van der Waals surface area contributed by atoms with E-state index in [0.717, 1.165) is 0 Å². The van der Waals surface area contributed by atoms with E-state index in [-0.39, 0.29) is 5.56 Å². The van der Waals surface area contributed by atoms with Crippen molar-refractivity contribution in [3.63, 3.8) is 0 Å². The maximum Gasteiger partial charge on any atom is 0.384 e. The maximum absolute atomic E-state index is 13.0.